The number of benzene rings is 2. The van der Waals surface area contributed by atoms with Crippen LogP contribution in [-0.2, 0) is 4.79 Å². The van der Waals surface area contributed by atoms with Gasteiger partial charge in [-0.15, -0.1) is 0 Å². The Morgan fingerprint density at radius 2 is 1.88 bits per heavy atom. The molecule has 0 aliphatic carbocycles. The number of rotatable bonds is 4. The molecule has 3 heterocycles. The van der Waals surface area contributed by atoms with E-state index in [1.807, 2.05) is 25.1 Å². The summed E-state index contributed by atoms with van der Waals surface area (Å²) in [4.78, 5) is 22.9. The van der Waals surface area contributed by atoms with Gasteiger partial charge in [0.15, 0.2) is 6.61 Å². The third-order valence-electron chi connectivity index (χ3n) is 6.45. The van der Waals surface area contributed by atoms with Crippen LogP contribution in [0.25, 0.3) is 10.9 Å². The van der Waals surface area contributed by atoms with E-state index in [0.717, 1.165) is 43.0 Å². The monoisotopic (exact) mass is 432 g/mol. The molecule has 7 nitrogen and oxygen atoms in total. The molecule has 1 unspecified atom stereocenters. The van der Waals surface area contributed by atoms with Crippen LogP contribution in [-0.4, -0.2) is 67.3 Å². The van der Waals surface area contributed by atoms with Gasteiger partial charge < -0.3 is 19.6 Å². The summed E-state index contributed by atoms with van der Waals surface area (Å²) in [5, 5.41) is 12.1. The van der Waals surface area contributed by atoms with Gasteiger partial charge in [0.25, 0.3) is 5.91 Å². The molecular weight excluding hydrogens is 404 g/mol. The molecule has 32 heavy (non-hydrogen) atoms. The lowest BCUT2D eigenvalue weighted by Crippen LogP contribution is -2.47. The fourth-order valence-corrected chi connectivity index (χ4v) is 4.53. The van der Waals surface area contributed by atoms with Gasteiger partial charge in [0.05, 0.1) is 17.3 Å². The summed E-state index contributed by atoms with van der Waals surface area (Å²) in [7, 11) is 1.74. The number of anilines is 2. The first-order chi connectivity index (χ1) is 15.5. The molecule has 0 saturated carbocycles. The molecule has 3 aromatic rings. The van der Waals surface area contributed by atoms with Crippen molar-refractivity contribution in [2.24, 2.45) is 0 Å². The average Bonchev–Trinajstić information content (AvgIpc) is 2.81. The van der Waals surface area contributed by atoms with Crippen LogP contribution in [0.1, 0.15) is 17.4 Å². The lowest BCUT2D eigenvalue weighted by Gasteiger charge is -2.37. The SMILES string of the molecule is Cc1ccc2c(N3CCN(CC(O)c4ccc5c(c4)N(C)C(=O)CO5)CC3)cccc2n1. The second-order valence-electron chi connectivity index (χ2n) is 8.57. The van der Waals surface area contributed by atoms with Crippen molar-refractivity contribution in [2.75, 3.05) is 56.2 Å². The highest BCUT2D eigenvalue weighted by Gasteiger charge is 2.25. The van der Waals surface area contributed by atoms with E-state index in [2.05, 4.69) is 45.1 Å². The average molecular weight is 433 g/mol. The van der Waals surface area contributed by atoms with Gasteiger partial charge in [-0.25, -0.2) is 0 Å². The number of aliphatic hydroxyl groups is 1. The molecule has 166 valence electrons. The number of carbonyl (C=O) groups excluding carboxylic acids is 1. The molecule has 2 aliphatic heterocycles. The molecule has 1 aromatic heterocycles. The largest absolute Gasteiger partial charge is 0.482 e. The lowest BCUT2D eigenvalue weighted by atomic mass is 10.1. The van der Waals surface area contributed by atoms with Crippen molar-refractivity contribution in [3.8, 4) is 5.75 Å². The summed E-state index contributed by atoms with van der Waals surface area (Å²) in [5.41, 5.74) is 4.78. The van der Waals surface area contributed by atoms with Gasteiger partial charge in [-0.3, -0.25) is 14.7 Å². The number of aromatic nitrogens is 1. The van der Waals surface area contributed by atoms with Gasteiger partial charge >= 0.3 is 0 Å². The molecule has 1 N–H and O–H groups in total. The van der Waals surface area contributed by atoms with E-state index in [9.17, 15) is 9.90 Å². The van der Waals surface area contributed by atoms with Crippen LogP contribution in [0.15, 0.2) is 48.5 Å². The van der Waals surface area contributed by atoms with Gasteiger partial charge in [0, 0.05) is 56.5 Å². The Bertz CT molecular complexity index is 1160. The smallest absolute Gasteiger partial charge is 0.264 e. The Morgan fingerprint density at radius 3 is 2.69 bits per heavy atom. The number of hydrogen-bond acceptors (Lipinski definition) is 6. The molecule has 1 saturated heterocycles. The summed E-state index contributed by atoms with van der Waals surface area (Å²) < 4.78 is 5.49. The van der Waals surface area contributed by atoms with E-state index < -0.39 is 6.10 Å². The van der Waals surface area contributed by atoms with Crippen LogP contribution in [0.5, 0.6) is 5.75 Å². The highest BCUT2D eigenvalue weighted by atomic mass is 16.5. The van der Waals surface area contributed by atoms with Gasteiger partial charge in [-0.2, -0.15) is 0 Å². The molecule has 0 spiro atoms. The summed E-state index contributed by atoms with van der Waals surface area (Å²) in [5.74, 6) is 0.593. The molecule has 0 bridgehead atoms. The molecular formula is C25H28N4O3. The Morgan fingerprint density at radius 1 is 1.06 bits per heavy atom. The number of piperazine rings is 1. The Labute approximate surface area is 187 Å². The fourth-order valence-electron chi connectivity index (χ4n) is 4.53. The van der Waals surface area contributed by atoms with E-state index in [0.29, 0.717) is 18.0 Å². The number of ether oxygens (including phenoxy) is 1. The number of aryl methyl sites for hydroxylation is 1. The number of pyridine rings is 1. The minimum Gasteiger partial charge on any atom is -0.482 e. The first-order valence-corrected chi connectivity index (χ1v) is 11.0. The Hall–Kier alpha value is -3.16. The summed E-state index contributed by atoms with van der Waals surface area (Å²) >= 11 is 0. The van der Waals surface area contributed by atoms with Crippen LogP contribution in [0, 0.1) is 6.92 Å². The maximum Gasteiger partial charge on any atom is 0.264 e. The zero-order valence-electron chi connectivity index (χ0n) is 18.5. The van der Waals surface area contributed by atoms with E-state index in [1.54, 1.807) is 11.9 Å². The number of likely N-dealkylation sites (N-methyl/N-ethyl adjacent to an activating group) is 1. The van der Waals surface area contributed by atoms with Crippen molar-refractivity contribution in [3.63, 3.8) is 0 Å². The van der Waals surface area contributed by atoms with Crippen molar-refractivity contribution in [1.29, 1.82) is 0 Å². The predicted octanol–water partition coefficient (Wildman–Crippen LogP) is 2.75. The van der Waals surface area contributed by atoms with E-state index in [4.69, 9.17) is 4.74 Å². The van der Waals surface area contributed by atoms with Gasteiger partial charge in [0.1, 0.15) is 5.75 Å². The minimum absolute atomic E-state index is 0.0576. The van der Waals surface area contributed by atoms with Gasteiger partial charge in [0.2, 0.25) is 0 Å². The summed E-state index contributed by atoms with van der Waals surface area (Å²) in [6.45, 7) is 6.17. The van der Waals surface area contributed by atoms with Gasteiger partial charge in [-0.05, 0) is 48.9 Å². The number of fused-ring (bicyclic) bond motifs is 2. The van der Waals surface area contributed by atoms with Crippen LogP contribution < -0.4 is 14.5 Å². The molecule has 1 fully saturated rings. The first-order valence-electron chi connectivity index (χ1n) is 11.0. The third kappa shape index (κ3) is 3.89. The zero-order valence-corrected chi connectivity index (χ0v) is 18.5. The second-order valence-corrected chi connectivity index (χ2v) is 8.57. The molecule has 5 rings (SSSR count). The van der Waals surface area contributed by atoms with Gasteiger partial charge in [-0.1, -0.05) is 12.1 Å². The topological polar surface area (TPSA) is 69.1 Å². The highest BCUT2D eigenvalue weighted by molar-refractivity contribution is 5.97. The Kier molecular flexibility index (Phi) is 5.45. The number of hydrogen-bond donors (Lipinski definition) is 1. The number of carbonyl (C=O) groups is 1. The van der Waals surface area contributed by atoms with Crippen molar-refractivity contribution < 1.29 is 14.6 Å². The van der Waals surface area contributed by atoms with Crippen molar-refractivity contribution >= 4 is 28.2 Å². The van der Waals surface area contributed by atoms with Crippen molar-refractivity contribution in [2.45, 2.75) is 13.0 Å². The lowest BCUT2D eigenvalue weighted by molar-refractivity contribution is -0.120. The van der Waals surface area contributed by atoms with Crippen molar-refractivity contribution in [1.82, 2.24) is 9.88 Å². The molecule has 0 radical (unpaired) electrons. The minimum atomic E-state index is -0.623. The number of aliphatic hydroxyl groups excluding tert-OH is 1. The highest BCUT2D eigenvalue weighted by Crippen LogP contribution is 2.34. The summed E-state index contributed by atoms with van der Waals surface area (Å²) in [6.07, 6.45) is -0.623. The van der Waals surface area contributed by atoms with Crippen molar-refractivity contribution in [3.05, 3.63) is 59.8 Å². The third-order valence-corrected chi connectivity index (χ3v) is 6.45. The molecule has 1 atom stereocenters. The standard InChI is InChI=1S/C25H28N4O3/c1-17-6-8-19-20(26-17)4-3-5-21(19)29-12-10-28(11-13-29)15-23(30)18-7-9-24-22(14-18)27(2)25(31)16-32-24/h3-9,14,23,30H,10-13,15-16H2,1-2H3. The quantitative estimate of drug-likeness (QED) is 0.684. The normalized spacial score (nSPS) is 17.9. The fraction of sp³-hybridized carbons (Fsp3) is 0.360. The van der Waals surface area contributed by atoms with E-state index >= 15 is 0 Å². The second kappa shape index (κ2) is 8.41. The molecule has 7 heteroatoms. The van der Waals surface area contributed by atoms with Crippen LogP contribution in [0.4, 0.5) is 11.4 Å². The maximum atomic E-state index is 11.9. The van der Waals surface area contributed by atoms with E-state index in [-0.39, 0.29) is 12.5 Å². The zero-order chi connectivity index (χ0) is 22.2. The number of nitrogens with zero attached hydrogens (tertiary/aromatic N) is 4. The predicted molar refractivity (Wildman–Crippen MR) is 125 cm³/mol. The Balaban J connectivity index is 1.24. The van der Waals surface area contributed by atoms with Crippen LogP contribution in [0.3, 0.4) is 0 Å². The number of amides is 1. The summed E-state index contributed by atoms with van der Waals surface area (Å²) in [6, 6.07) is 16.1. The molecule has 2 aromatic carbocycles. The number of β-amino-alcohol motifs (C(OH)–C–C–N with tert-alkyl or cyclic N) is 1. The maximum absolute atomic E-state index is 11.9. The van der Waals surface area contributed by atoms with E-state index in [1.165, 1.54) is 11.1 Å². The van der Waals surface area contributed by atoms with Crippen LogP contribution >= 0.6 is 0 Å². The molecule has 2 aliphatic rings. The first kappa shape index (κ1) is 20.7. The van der Waals surface area contributed by atoms with Crippen LogP contribution in [0.2, 0.25) is 0 Å². The molecule has 1 amide bonds.